The Morgan fingerprint density at radius 3 is 2.67 bits per heavy atom. The Balaban J connectivity index is 2.15. The summed E-state index contributed by atoms with van der Waals surface area (Å²) in [6.45, 7) is 0.233. The van der Waals surface area contributed by atoms with Crippen LogP contribution in [0, 0.1) is 5.92 Å². The fourth-order valence-electron chi connectivity index (χ4n) is 2.41. The van der Waals surface area contributed by atoms with E-state index in [1.807, 2.05) is 12.1 Å². The zero-order valence-corrected chi connectivity index (χ0v) is 8.89. The first-order valence-corrected chi connectivity index (χ1v) is 5.71. The van der Waals surface area contributed by atoms with Gasteiger partial charge in [-0.1, -0.05) is 18.6 Å². The van der Waals surface area contributed by atoms with Gasteiger partial charge < -0.3 is 10.2 Å². The molecule has 1 aliphatic rings. The van der Waals surface area contributed by atoms with Gasteiger partial charge in [0.05, 0.1) is 0 Å². The Morgan fingerprint density at radius 1 is 1.33 bits per heavy atom. The van der Waals surface area contributed by atoms with E-state index in [1.165, 1.54) is 24.8 Å². The van der Waals surface area contributed by atoms with Crippen LogP contribution in [0.25, 0.3) is 0 Å². The monoisotopic (exact) mass is 206 g/mol. The lowest BCUT2D eigenvalue weighted by Gasteiger charge is -2.34. The Labute approximate surface area is 90.6 Å². The summed E-state index contributed by atoms with van der Waals surface area (Å²) < 4.78 is 0. The molecule has 0 aliphatic heterocycles. The highest BCUT2D eigenvalue weighted by molar-refractivity contribution is 5.30. The summed E-state index contributed by atoms with van der Waals surface area (Å²) in [5, 5.41) is 18.5. The molecule has 0 bridgehead atoms. The molecule has 15 heavy (non-hydrogen) atoms. The van der Waals surface area contributed by atoms with Gasteiger partial charge in [0.15, 0.2) is 0 Å². The standard InChI is InChI=1S/C13H18O2/c14-8-7-13(10-3-1-4-10)11-5-2-6-12(15)9-11/h2,5-6,9-10,13-15H,1,3-4,7-8H2. The van der Waals surface area contributed by atoms with E-state index in [1.54, 1.807) is 6.07 Å². The topological polar surface area (TPSA) is 40.5 Å². The van der Waals surface area contributed by atoms with E-state index in [4.69, 9.17) is 5.11 Å². The quantitative estimate of drug-likeness (QED) is 0.795. The van der Waals surface area contributed by atoms with Gasteiger partial charge in [0, 0.05) is 6.61 Å². The highest BCUT2D eigenvalue weighted by atomic mass is 16.3. The molecule has 1 aromatic rings. The van der Waals surface area contributed by atoms with Crippen molar-refractivity contribution >= 4 is 0 Å². The van der Waals surface area contributed by atoms with Crippen LogP contribution in [0.1, 0.15) is 37.2 Å². The van der Waals surface area contributed by atoms with Crippen LogP contribution in [0.4, 0.5) is 0 Å². The van der Waals surface area contributed by atoms with Crippen LogP contribution in [0.5, 0.6) is 5.75 Å². The maximum atomic E-state index is 9.44. The second kappa shape index (κ2) is 4.67. The van der Waals surface area contributed by atoms with Crippen molar-refractivity contribution in [1.29, 1.82) is 0 Å². The fourth-order valence-corrected chi connectivity index (χ4v) is 2.41. The molecule has 1 atom stereocenters. The van der Waals surface area contributed by atoms with Crippen LogP contribution < -0.4 is 0 Å². The lowest BCUT2D eigenvalue weighted by atomic mass is 9.72. The average molecular weight is 206 g/mol. The molecule has 2 rings (SSSR count). The van der Waals surface area contributed by atoms with Crippen molar-refractivity contribution < 1.29 is 10.2 Å². The third-order valence-electron chi connectivity index (χ3n) is 3.46. The number of aliphatic hydroxyl groups is 1. The summed E-state index contributed by atoms with van der Waals surface area (Å²) in [5.41, 5.74) is 1.17. The first-order chi connectivity index (χ1) is 7.31. The number of hydrogen-bond acceptors (Lipinski definition) is 2. The molecule has 0 spiro atoms. The second-order valence-corrected chi connectivity index (χ2v) is 4.40. The van der Waals surface area contributed by atoms with Gasteiger partial charge in [-0.05, 0) is 48.8 Å². The van der Waals surface area contributed by atoms with E-state index in [9.17, 15) is 5.11 Å². The minimum Gasteiger partial charge on any atom is -0.508 e. The third-order valence-corrected chi connectivity index (χ3v) is 3.46. The zero-order valence-electron chi connectivity index (χ0n) is 8.89. The second-order valence-electron chi connectivity index (χ2n) is 4.40. The van der Waals surface area contributed by atoms with Crippen LogP contribution >= 0.6 is 0 Å². The van der Waals surface area contributed by atoms with Gasteiger partial charge in [-0.25, -0.2) is 0 Å². The average Bonchev–Trinajstić information content (AvgIpc) is 2.14. The summed E-state index contributed by atoms with van der Waals surface area (Å²) in [4.78, 5) is 0. The van der Waals surface area contributed by atoms with Gasteiger partial charge in [0.2, 0.25) is 0 Å². The summed E-state index contributed by atoms with van der Waals surface area (Å²) in [7, 11) is 0. The van der Waals surface area contributed by atoms with E-state index < -0.39 is 0 Å². The minimum atomic E-state index is 0.233. The first-order valence-electron chi connectivity index (χ1n) is 5.71. The summed E-state index contributed by atoms with van der Waals surface area (Å²) in [6, 6.07) is 7.46. The van der Waals surface area contributed by atoms with Crippen LogP contribution in [0.3, 0.4) is 0 Å². The Morgan fingerprint density at radius 2 is 2.13 bits per heavy atom. The molecule has 1 unspecified atom stereocenters. The molecule has 1 fully saturated rings. The summed E-state index contributed by atoms with van der Waals surface area (Å²) in [5.74, 6) is 1.46. The Bertz CT molecular complexity index is 318. The van der Waals surface area contributed by atoms with Crippen molar-refractivity contribution in [1.82, 2.24) is 0 Å². The van der Waals surface area contributed by atoms with E-state index >= 15 is 0 Å². The van der Waals surface area contributed by atoms with E-state index in [0.29, 0.717) is 17.6 Å². The molecule has 0 radical (unpaired) electrons. The smallest absolute Gasteiger partial charge is 0.115 e. The predicted octanol–water partition coefficient (Wildman–Crippen LogP) is 2.66. The lowest BCUT2D eigenvalue weighted by molar-refractivity contribution is 0.206. The predicted molar refractivity (Wildman–Crippen MR) is 59.9 cm³/mol. The van der Waals surface area contributed by atoms with E-state index in [2.05, 4.69) is 6.07 Å². The summed E-state index contributed by atoms with van der Waals surface area (Å²) in [6.07, 6.45) is 4.65. The maximum absolute atomic E-state index is 9.44. The molecule has 0 heterocycles. The highest BCUT2D eigenvalue weighted by Gasteiger charge is 2.27. The van der Waals surface area contributed by atoms with Gasteiger partial charge in [-0.15, -0.1) is 0 Å². The lowest BCUT2D eigenvalue weighted by Crippen LogP contribution is -2.21. The molecule has 0 saturated heterocycles. The van der Waals surface area contributed by atoms with Crippen molar-refractivity contribution in [2.24, 2.45) is 5.92 Å². The first kappa shape index (κ1) is 10.5. The fraction of sp³-hybridized carbons (Fsp3) is 0.538. The van der Waals surface area contributed by atoms with Crippen molar-refractivity contribution in [2.45, 2.75) is 31.6 Å². The molecule has 1 saturated carbocycles. The number of phenols is 1. The molecule has 2 nitrogen and oxygen atoms in total. The van der Waals surface area contributed by atoms with Gasteiger partial charge in [-0.2, -0.15) is 0 Å². The van der Waals surface area contributed by atoms with Crippen molar-refractivity contribution in [3.05, 3.63) is 29.8 Å². The van der Waals surface area contributed by atoms with Crippen LogP contribution in [0.15, 0.2) is 24.3 Å². The summed E-state index contributed by atoms with van der Waals surface area (Å²) >= 11 is 0. The van der Waals surface area contributed by atoms with Gasteiger partial charge in [0.25, 0.3) is 0 Å². The number of benzene rings is 1. The van der Waals surface area contributed by atoms with Gasteiger partial charge >= 0.3 is 0 Å². The van der Waals surface area contributed by atoms with Crippen molar-refractivity contribution in [2.75, 3.05) is 6.61 Å². The Hall–Kier alpha value is -1.02. The van der Waals surface area contributed by atoms with Crippen LogP contribution in [-0.2, 0) is 0 Å². The Kier molecular flexibility index (Phi) is 3.27. The largest absolute Gasteiger partial charge is 0.508 e. The molecule has 0 amide bonds. The number of phenolic OH excluding ortho intramolecular Hbond substituents is 1. The molecule has 0 aromatic heterocycles. The molecular weight excluding hydrogens is 188 g/mol. The zero-order chi connectivity index (χ0) is 10.7. The van der Waals surface area contributed by atoms with Crippen LogP contribution in [-0.4, -0.2) is 16.8 Å². The third kappa shape index (κ3) is 2.32. The van der Waals surface area contributed by atoms with E-state index in [0.717, 1.165) is 6.42 Å². The van der Waals surface area contributed by atoms with Gasteiger partial charge in [0.1, 0.15) is 5.75 Å². The number of rotatable bonds is 4. The highest BCUT2D eigenvalue weighted by Crippen LogP contribution is 2.41. The van der Waals surface area contributed by atoms with E-state index in [-0.39, 0.29) is 6.61 Å². The number of aromatic hydroxyl groups is 1. The maximum Gasteiger partial charge on any atom is 0.115 e. The minimum absolute atomic E-state index is 0.233. The number of aliphatic hydroxyl groups excluding tert-OH is 1. The number of hydrogen-bond donors (Lipinski definition) is 2. The molecule has 1 aliphatic carbocycles. The van der Waals surface area contributed by atoms with Crippen molar-refractivity contribution in [3.63, 3.8) is 0 Å². The molecular formula is C13H18O2. The molecule has 82 valence electrons. The SMILES string of the molecule is OCCC(c1cccc(O)c1)C1CCC1. The molecule has 2 heteroatoms. The molecule has 2 N–H and O–H groups in total. The van der Waals surface area contributed by atoms with Crippen molar-refractivity contribution in [3.8, 4) is 5.75 Å². The van der Waals surface area contributed by atoms with Gasteiger partial charge in [-0.3, -0.25) is 0 Å². The van der Waals surface area contributed by atoms with Crippen LogP contribution in [0.2, 0.25) is 0 Å². The molecule has 1 aromatic carbocycles. The normalized spacial score (nSPS) is 18.5.